The van der Waals surface area contributed by atoms with E-state index in [2.05, 4.69) is 38.5 Å². The molecule has 112 valence electrons. The highest BCUT2D eigenvalue weighted by Crippen LogP contribution is 2.17. The van der Waals surface area contributed by atoms with Crippen LogP contribution in [0.2, 0.25) is 0 Å². The van der Waals surface area contributed by atoms with Crippen molar-refractivity contribution < 1.29 is 4.74 Å². The predicted octanol–water partition coefficient (Wildman–Crippen LogP) is 2.83. The van der Waals surface area contributed by atoms with Crippen LogP contribution in [0.25, 0.3) is 11.0 Å². The molecule has 0 aliphatic heterocycles. The number of rotatable bonds is 6. The van der Waals surface area contributed by atoms with Gasteiger partial charge in [0.15, 0.2) is 5.65 Å². The summed E-state index contributed by atoms with van der Waals surface area (Å²) in [6, 6.07) is 12.2. The molecule has 3 aromatic rings. The maximum atomic E-state index is 5.24. The second-order valence-electron chi connectivity index (χ2n) is 4.98. The second kappa shape index (κ2) is 6.95. The summed E-state index contributed by atoms with van der Waals surface area (Å²) in [5.41, 5.74) is 3.22. The quantitative estimate of drug-likeness (QED) is 0.757. The molecule has 0 spiro atoms. The lowest BCUT2D eigenvalue weighted by Gasteiger charge is -2.10. The van der Waals surface area contributed by atoms with Crippen molar-refractivity contribution in [3.8, 4) is 0 Å². The zero-order valence-corrected chi connectivity index (χ0v) is 12.5. The number of methoxy groups -OCH3 is 1. The lowest BCUT2D eigenvalue weighted by atomic mass is 10.1. The molecule has 3 rings (SSSR count). The molecular formula is C17H18N4O. The van der Waals surface area contributed by atoms with E-state index in [0.717, 1.165) is 24.2 Å². The van der Waals surface area contributed by atoms with Crippen LogP contribution in [0, 0.1) is 0 Å². The number of ether oxygens (including phenoxy) is 1. The lowest BCUT2D eigenvalue weighted by Crippen LogP contribution is -2.09. The smallest absolute Gasteiger partial charge is 0.164 e. The number of nitrogens with zero attached hydrogens (tertiary/aromatic N) is 3. The molecule has 0 saturated carbocycles. The van der Waals surface area contributed by atoms with Gasteiger partial charge in [-0.1, -0.05) is 24.3 Å². The first-order valence-electron chi connectivity index (χ1n) is 7.24. The van der Waals surface area contributed by atoms with E-state index in [9.17, 15) is 0 Å². The molecule has 2 heterocycles. The molecule has 0 amide bonds. The van der Waals surface area contributed by atoms with E-state index in [1.54, 1.807) is 13.3 Å². The van der Waals surface area contributed by atoms with Gasteiger partial charge in [-0.05, 0) is 29.7 Å². The van der Waals surface area contributed by atoms with Gasteiger partial charge in [0, 0.05) is 19.9 Å². The van der Waals surface area contributed by atoms with Crippen molar-refractivity contribution in [3.05, 3.63) is 60.0 Å². The molecule has 0 bridgehead atoms. The van der Waals surface area contributed by atoms with Gasteiger partial charge in [-0.2, -0.15) is 0 Å². The average molecular weight is 294 g/mol. The summed E-state index contributed by atoms with van der Waals surface area (Å²) >= 11 is 0. The van der Waals surface area contributed by atoms with Gasteiger partial charge in [-0.3, -0.25) is 0 Å². The molecule has 1 N–H and O–H groups in total. The van der Waals surface area contributed by atoms with E-state index in [0.29, 0.717) is 12.3 Å². The molecule has 0 saturated heterocycles. The third-order valence-electron chi connectivity index (χ3n) is 3.51. The highest BCUT2D eigenvalue weighted by atomic mass is 16.5. The van der Waals surface area contributed by atoms with Gasteiger partial charge in [0.25, 0.3) is 0 Å². The fourth-order valence-electron chi connectivity index (χ4n) is 2.45. The normalized spacial score (nSPS) is 10.8. The van der Waals surface area contributed by atoms with Crippen LogP contribution in [0.1, 0.15) is 11.1 Å². The van der Waals surface area contributed by atoms with Crippen LogP contribution in [0.4, 0.5) is 5.82 Å². The highest BCUT2D eigenvalue weighted by Gasteiger charge is 2.05. The van der Waals surface area contributed by atoms with E-state index < -0.39 is 0 Å². The molecule has 0 unspecified atom stereocenters. The van der Waals surface area contributed by atoms with Crippen molar-refractivity contribution in [2.45, 2.75) is 13.0 Å². The van der Waals surface area contributed by atoms with Crippen molar-refractivity contribution in [2.24, 2.45) is 0 Å². The molecule has 22 heavy (non-hydrogen) atoms. The maximum absolute atomic E-state index is 5.24. The number of fused-ring (bicyclic) bond motifs is 1. The molecule has 0 fully saturated rings. The van der Waals surface area contributed by atoms with Gasteiger partial charge in [-0.25, -0.2) is 15.0 Å². The van der Waals surface area contributed by atoms with Crippen molar-refractivity contribution in [1.82, 2.24) is 15.0 Å². The second-order valence-corrected chi connectivity index (χ2v) is 4.98. The maximum Gasteiger partial charge on any atom is 0.164 e. The standard InChI is InChI=1S/C17H18N4O/c1-22-11-14-6-3-2-5-13(14)8-10-19-17-15-7-4-9-18-16(15)20-12-21-17/h2-7,9,12H,8,10-11H2,1H3,(H,18,19,20,21). The molecule has 1 aromatic carbocycles. The first kappa shape index (κ1) is 14.4. The predicted molar refractivity (Wildman–Crippen MR) is 86.7 cm³/mol. The number of nitrogens with one attached hydrogen (secondary N) is 1. The monoisotopic (exact) mass is 294 g/mol. The first-order chi connectivity index (χ1) is 10.9. The van der Waals surface area contributed by atoms with E-state index in [4.69, 9.17) is 4.74 Å². The Labute approximate surface area is 129 Å². The highest BCUT2D eigenvalue weighted by molar-refractivity contribution is 5.85. The van der Waals surface area contributed by atoms with E-state index in [1.807, 2.05) is 18.2 Å². The Morgan fingerprint density at radius 2 is 1.86 bits per heavy atom. The van der Waals surface area contributed by atoms with Crippen LogP contribution in [0.3, 0.4) is 0 Å². The van der Waals surface area contributed by atoms with Gasteiger partial charge < -0.3 is 10.1 Å². The van der Waals surface area contributed by atoms with Crippen molar-refractivity contribution in [3.63, 3.8) is 0 Å². The Balaban J connectivity index is 1.70. The van der Waals surface area contributed by atoms with Gasteiger partial charge in [-0.15, -0.1) is 0 Å². The van der Waals surface area contributed by atoms with Crippen molar-refractivity contribution >= 4 is 16.9 Å². The minimum Gasteiger partial charge on any atom is -0.380 e. The molecule has 0 radical (unpaired) electrons. The van der Waals surface area contributed by atoms with Gasteiger partial charge in [0.2, 0.25) is 0 Å². The van der Waals surface area contributed by atoms with Crippen molar-refractivity contribution in [2.75, 3.05) is 19.0 Å². The Kier molecular flexibility index (Phi) is 4.56. The van der Waals surface area contributed by atoms with Crippen LogP contribution in [-0.2, 0) is 17.8 Å². The van der Waals surface area contributed by atoms with E-state index in [-0.39, 0.29) is 0 Å². The fraction of sp³-hybridized carbons (Fsp3) is 0.235. The van der Waals surface area contributed by atoms with Crippen LogP contribution in [-0.4, -0.2) is 28.6 Å². The van der Waals surface area contributed by atoms with Gasteiger partial charge in [0.05, 0.1) is 12.0 Å². The summed E-state index contributed by atoms with van der Waals surface area (Å²) in [5.74, 6) is 0.822. The van der Waals surface area contributed by atoms with Crippen LogP contribution in [0.5, 0.6) is 0 Å². The van der Waals surface area contributed by atoms with Crippen LogP contribution < -0.4 is 5.32 Å². The third kappa shape index (κ3) is 3.20. The molecule has 0 aliphatic rings. The number of aromatic nitrogens is 3. The number of hydrogen-bond acceptors (Lipinski definition) is 5. The molecule has 0 atom stereocenters. The molecule has 5 heteroatoms. The van der Waals surface area contributed by atoms with Gasteiger partial charge >= 0.3 is 0 Å². The minimum absolute atomic E-state index is 0.635. The number of pyridine rings is 1. The zero-order chi connectivity index (χ0) is 15.2. The third-order valence-corrected chi connectivity index (χ3v) is 3.51. The molecule has 5 nitrogen and oxygen atoms in total. The Bertz CT molecular complexity index is 755. The zero-order valence-electron chi connectivity index (χ0n) is 12.5. The van der Waals surface area contributed by atoms with E-state index >= 15 is 0 Å². The minimum atomic E-state index is 0.635. The van der Waals surface area contributed by atoms with Gasteiger partial charge in [0.1, 0.15) is 12.1 Å². The lowest BCUT2D eigenvalue weighted by molar-refractivity contribution is 0.184. The summed E-state index contributed by atoms with van der Waals surface area (Å²) in [6.07, 6.45) is 4.18. The summed E-state index contributed by atoms with van der Waals surface area (Å²) in [6.45, 7) is 1.43. The van der Waals surface area contributed by atoms with Crippen molar-refractivity contribution in [1.29, 1.82) is 0 Å². The summed E-state index contributed by atoms with van der Waals surface area (Å²) in [4.78, 5) is 12.7. The van der Waals surface area contributed by atoms with E-state index in [1.165, 1.54) is 17.5 Å². The number of benzene rings is 1. The number of hydrogen-bond donors (Lipinski definition) is 1. The average Bonchev–Trinajstić information content (AvgIpc) is 2.57. The number of anilines is 1. The fourth-order valence-corrected chi connectivity index (χ4v) is 2.45. The first-order valence-corrected chi connectivity index (χ1v) is 7.24. The topological polar surface area (TPSA) is 59.9 Å². The Morgan fingerprint density at radius 3 is 2.73 bits per heavy atom. The Hall–Kier alpha value is -2.53. The SMILES string of the molecule is COCc1ccccc1CCNc1ncnc2ncccc12. The summed E-state index contributed by atoms with van der Waals surface area (Å²) in [5, 5.41) is 4.31. The molecular weight excluding hydrogens is 276 g/mol. The summed E-state index contributed by atoms with van der Waals surface area (Å²) in [7, 11) is 1.72. The van der Waals surface area contributed by atoms with Crippen LogP contribution in [0.15, 0.2) is 48.9 Å². The largest absolute Gasteiger partial charge is 0.380 e. The van der Waals surface area contributed by atoms with Crippen LogP contribution >= 0.6 is 0 Å². The molecule has 0 aliphatic carbocycles. The summed E-state index contributed by atoms with van der Waals surface area (Å²) < 4.78 is 5.24. The Morgan fingerprint density at radius 1 is 1.00 bits per heavy atom. The molecule has 2 aromatic heterocycles.